The molecule has 0 radical (unpaired) electrons. The first-order valence-corrected chi connectivity index (χ1v) is 6.85. The fourth-order valence-electron chi connectivity index (χ4n) is 2.04. The minimum absolute atomic E-state index is 0.397. The fourth-order valence-corrected chi connectivity index (χ4v) is 2.04. The lowest BCUT2D eigenvalue weighted by Crippen LogP contribution is -2.16. The third-order valence-electron chi connectivity index (χ3n) is 3.45. The average molecular weight is 250 g/mol. The minimum atomic E-state index is 0.397. The van der Waals surface area contributed by atoms with E-state index in [0.717, 1.165) is 31.6 Å². The van der Waals surface area contributed by atoms with Crippen LogP contribution in [0.4, 0.5) is 0 Å². The van der Waals surface area contributed by atoms with E-state index in [4.69, 9.17) is 5.73 Å². The monoisotopic (exact) mass is 250 g/mol. The summed E-state index contributed by atoms with van der Waals surface area (Å²) in [6, 6.07) is 3.74. The van der Waals surface area contributed by atoms with Gasteiger partial charge in [-0.2, -0.15) is 0 Å². The van der Waals surface area contributed by atoms with Crippen LogP contribution < -0.4 is 11.1 Å². The molecule has 0 aliphatic heterocycles. The Labute approximate surface area is 110 Å². The molecular weight excluding hydrogens is 224 g/mol. The second-order valence-electron chi connectivity index (χ2n) is 4.88. The molecule has 1 rings (SSSR count). The topological polar surface area (TPSA) is 58.3 Å². The fraction of sp³-hybridized carbons (Fsp3) is 0.600. The van der Waals surface area contributed by atoms with Gasteiger partial charge in [0.05, 0.1) is 0 Å². The van der Waals surface area contributed by atoms with Gasteiger partial charge in [-0.1, -0.05) is 18.9 Å². The van der Waals surface area contributed by atoms with Gasteiger partial charge in [-0.25, -0.2) is 0 Å². The summed E-state index contributed by atoms with van der Waals surface area (Å²) in [4.78, 5) is 0. The number of nitrogens with one attached hydrogen (secondary N) is 1. The summed E-state index contributed by atoms with van der Waals surface area (Å²) in [5.74, 6) is 0.397. The first kappa shape index (κ1) is 15.0. The number of phenolic OH excluding ortho intramolecular Hbond substituents is 1. The molecule has 0 spiro atoms. The molecule has 1 aromatic carbocycles. The van der Waals surface area contributed by atoms with Gasteiger partial charge in [0.15, 0.2) is 0 Å². The largest absolute Gasteiger partial charge is 0.508 e. The molecule has 0 bridgehead atoms. The van der Waals surface area contributed by atoms with Crippen molar-refractivity contribution in [3.05, 3.63) is 28.8 Å². The summed E-state index contributed by atoms with van der Waals surface area (Å²) < 4.78 is 0. The zero-order chi connectivity index (χ0) is 13.4. The zero-order valence-corrected chi connectivity index (χ0v) is 11.6. The van der Waals surface area contributed by atoms with Crippen LogP contribution in [0.3, 0.4) is 0 Å². The van der Waals surface area contributed by atoms with E-state index in [-0.39, 0.29) is 0 Å². The third kappa shape index (κ3) is 4.67. The molecule has 102 valence electrons. The van der Waals surface area contributed by atoms with Crippen molar-refractivity contribution in [1.82, 2.24) is 5.32 Å². The molecule has 0 fully saturated rings. The van der Waals surface area contributed by atoms with Crippen molar-refractivity contribution in [2.45, 2.75) is 46.1 Å². The van der Waals surface area contributed by atoms with Crippen LogP contribution in [0.2, 0.25) is 0 Å². The van der Waals surface area contributed by atoms with Crippen molar-refractivity contribution in [1.29, 1.82) is 0 Å². The van der Waals surface area contributed by atoms with E-state index in [0.29, 0.717) is 5.75 Å². The highest BCUT2D eigenvalue weighted by atomic mass is 16.3. The predicted molar refractivity (Wildman–Crippen MR) is 76.8 cm³/mol. The molecule has 0 amide bonds. The van der Waals surface area contributed by atoms with Gasteiger partial charge in [0, 0.05) is 12.1 Å². The number of phenols is 1. The molecule has 0 saturated carbocycles. The molecule has 0 atom stereocenters. The van der Waals surface area contributed by atoms with Crippen LogP contribution in [0.15, 0.2) is 12.1 Å². The number of hydrogen-bond acceptors (Lipinski definition) is 3. The molecule has 0 unspecified atom stereocenters. The van der Waals surface area contributed by atoms with E-state index in [1.807, 2.05) is 6.07 Å². The Morgan fingerprint density at radius 1 is 1.11 bits per heavy atom. The Morgan fingerprint density at radius 2 is 1.83 bits per heavy atom. The van der Waals surface area contributed by atoms with Crippen molar-refractivity contribution in [3.63, 3.8) is 0 Å². The molecule has 0 heterocycles. The number of unbranched alkanes of at least 4 members (excludes halogenated alkanes) is 3. The lowest BCUT2D eigenvalue weighted by atomic mass is 10.0. The number of hydrogen-bond donors (Lipinski definition) is 3. The molecule has 1 aromatic rings. The molecule has 4 N–H and O–H groups in total. The van der Waals surface area contributed by atoms with Gasteiger partial charge < -0.3 is 16.2 Å². The average Bonchev–Trinajstić information content (AvgIpc) is 2.36. The molecule has 3 heteroatoms. The Balaban J connectivity index is 2.29. The predicted octanol–water partition coefficient (Wildman–Crippen LogP) is 2.62. The van der Waals surface area contributed by atoms with Gasteiger partial charge in [0.2, 0.25) is 0 Å². The number of nitrogens with two attached hydrogens (primary N) is 1. The summed E-state index contributed by atoms with van der Waals surface area (Å²) in [6.45, 7) is 6.68. The van der Waals surface area contributed by atoms with Gasteiger partial charge in [-0.05, 0) is 57.0 Å². The number of aryl methyl sites for hydroxylation is 1. The van der Waals surface area contributed by atoms with E-state index >= 15 is 0 Å². The van der Waals surface area contributed by atoms with Crippen LogP contribution in [0.5, 0.6) is 5.75 Å². The molecule has 0 aliphatic carbocycles. The van der Waals surface area contributed by atoms with Crippen LogP contribution in [-0.2, 0) is 6.54 Å². The van der Waals surface area contributed by atoms with Crippen molar-refractivity contribution in [3.8, 4) is 5.75 Å². The molecule has 0 aromatic heterocycles. The number of aromatic hydroxyl groups is 1. The standard InChI is InChI=1S/C15H26N2O/c1-12-7-8-15(18)14(13(12)2)11-17-10-6-4-3-5-9-16/h7-8,17-18H,3-6,9-11,16H2,1-2H3. The second-order valence-corrected chi connectivity index (χ2v) is 4.88. The van der Waals surface area contributed by atoms with Crippen molar-refractivity contribution < 1.29 is 5.11 Å². The highest BCUT2D eigenvalue weighted by molar-refractivity contribution is 5.42. The quantitative estimate of drug-likeness (QED) is 0.622. The Kier molecular flexibility index (Phi) is 6.76. The van der Waals surface area contributed by atoms with Crippen LogP contribution in [0.25, 0.3) is 0 Å². The van der Waals surface area contributed by atoms with Gasteiger partial charge in [-0.3, -0.25) is 0 Å². The highest BCUT2D eigenvalue weighted by Gasteiger charge is 2.06. The van der Waals surface area contributed by atoms with Crippen LogP contribution in [0.1, 0.15) is 42.4 Å². The van der Waals surface area contributed by atoms with Crippen LogP contribution >= 0.6 is 0 Å². The maximum absolute atomic E-state index is 9.83. The summed E-state index contributed by atoms with van der Waals surface area (Å²) >= 11 is 0. The number of benzene rings is 1. The number of rotatable bonds is 8. The van der Waals surface area contributed by atoms with E-state index in [1.54, 1.807) is 6.07 Å². The van der Waals surface area contributed by atoms with E-state index < -0.39 is 0 Å². The van der Waals surface area contributed by atoms with Crippen molar-refractivity contribution >= 4 is 0 Å². The second kappa shape index (κ2) is 8.11. The molecule has 0 saturated heterocycles. The Morgan fingerprint density at radius 3 is 2.56 bits per heavy atom. The van der Waals surface area contributed by atoms with Crippen LogP contribution in [-0.4, -0.2) is 18.2 Å². The van der Waals surface area contributed by atoms with Gasteiger partial charge in [0.1, 0.15) is 5.75 Å². The lowest BCUT2D eigenvalue weighted by molar-refractivity contribution is 0.462. The maximum atomic E-state index is 9.83. The Bertz CT molecular complexity index is 364. The summed E-state index contributed by atoms with van der Waals surface area (Å²) in [5.41, 5.74) is 8.89. The summed E-state index contributed by atoms with van der Waals surface area (Å²) in [7, 11) is 0. The molecule has 3 nitrogen and oxygen atoms in total. The first-order valence-electron chi connectivity index (χ1n) is 6.85. The van der Waals surface area contributed by atoms with Crippen molar-refractivity contribution in [2.75, 3.05) is 13.1 Å². The lowest BCUT2D eigenvalue weighted by Gasteiger charge is -2.12. The normalized spacial score (nSPS) is 10.8. The maximum Gasteiger partial charge on any atom is 0.120 e. The summed E-state index contributed by atoms with van der Waals surface area (Å²) in [6.07, 6.45) is 4.74. The van der Waals surface area contributed by atoms with E-state index in [9.17, 15) is 5.11 Å². The highest BCUT2D eigenvalue weighted by Crippen LogP contribution is 2.23. The van der Waals surface area contributed by atoms with E-state index in [1.165, 1.54) is 30.4 Å². The van der Waals surface area contributed by atoms with Gasteiger partial charge in [-0.15, -0.1) is 0 Å². The van der Waals surface area contributed by atoms with E-state index in [2.05, 4.69) is 19.2 Å². The smallest absolute Gasteiger partial charge is 0.120 e. The Hall–Kier alpha value is -1.06. The van der Waals surface area contributed by atoms with Crippen LogP contribution in [0, 0.1) is 13.8 Å². The molecular formula is C15H26N2O. The first-order chi connectivity index (χ1) is 8.66. The minimum Gasteiger partial charge on any atom is -0.508 e. The van der Waals surface area contributed by atoms with Gasteiger partial charge >= 0.3 is 0 Å². The third-order valence-corrected chi connectivity index (χ3v) is 3.45. The molecule has 18 heavy (non-hydrogen) atoms. The summed E-state index contributed by atoms with van der Waals surface area (Å²) in [5, 5.41) is 13.2. The molecule has 0 aliphatic rings. The zero-order valence-electron chi connectivity index (χ0n) is 11.6. The SMILES string of the molecule is Cc1ccc(O)c(CNCCCCCCN)c1C. The van der Waals surface area contributed by atoms with Crippen molar-refractivity contribution in [2.24, 2.45) is 5.73 Å². The van der Waals surface area contributed by atoms with Gasteiger partial charge in [0.25, 0.3) is 0 Å².